The number of ether oxygens (including phenoxy) is 3. The molecule has 0 unspecified atom stereocenters. The molecule has 1 rings (SSSR count). The van der Waals surface area contributed by atoms with E-state index in [2.05, 4.69) is 21.7 Å². The fourth-order valence-corrected chi connectivity index (χ4v) is 1.98. The standard InChI is InChI=1S/C15H29N3O3/c1-16-15(17-7-3-9-20-13-12-19-2)18-8-4-14-5-10-21-11-6-14/h5H,3-4,6-13H2,1-2H3,(H2,16,17,18). The molecule has 0 aromatic heterocycles. The molecule has 0 radical (unpaired) electrons. The van der Waals surface area contributed by atoms with Gasteiger partial charge in [-0.15, -0.1) is 0 Å². The van der Waals surface area contributed by atoms with Gasteiger partial charge in [-0.05, 0) is 19.3 Å². The Morgan fingerprint density at radius 1 is 1.29 bits per heavy atom. The Labute approximate surface area is 127 Å². The quantitative estimate of drug-likeness (QED) is 0.272. The van der Waals surface area contributed by atoms with Gasteiger partial charge in [0.25, 0.3) is 0 Å². The van der Waals surface area contributed by atoms with Gasteiger partial charge in [-0.1, -0.05) is 11.6 Å². The third-order valence-electron chi connectivity index (χ3n) is 3.21. The lowest BCUT2D eigenvalue weighted by atomic mass is 10.1. The minimum absolute atomic E-state index is 0.650. The van der Waals surface area contributed by atoms with Crippen LogP contribution in [0.4, 0.5) is 0 Å². The van der Waals surface area contributed by atoms with Crippen LogP contribution in [0.1, 0.15) is 19.3 Å². The summed E-state index contributed by atoms with van der Waals surface area (Å²) in [4.78, 5) is 4.21. The van der Waals surface area contributed by atoms with Crippen molar-refractivity contribution in [2.45, 2.75) is 19.3 Å². The number of nitrogens with zero attached hydrogens (tertiary/aromatic N) is 1. The summed E-state index contributed by atoms with van der Waals surface area (Å²) in [5.41, 5.74) is 1.47. The normalized spacial score (nSPS) is 15.7. The average Bonchev–Trinajstić information content (AvgIpc) is 2.53. The molecule has 6 nitrogen and oxygen atoms in total. The van der Waals surface area contributed by atoms with E-state index in [4.69, 9.17) is 14.2 Å². The molecule has 0 aliphatic carbocycles. The van der Waals surface area contributed by atoms with E-state index in [1.54, 1.807) is 14.2 Å². The Bertz CT molecular complexity index is 319. The van der Waals surface area contributed by atoms with Gasteiger partial charge in [0, 0.05) is 33.9 Å². The highest BCUT2D eigenvalue weighted by molar-refractivity contribution is 5.79. The Kier molecular flexibility index (Phi) is 10.8. The highest BCUT2D eigenvalue weighted by atomic mass is 16.5. The largest absolute Gasteiger partial charge is 0.382 e. The van der Waals surface area contributed by atoms with Gasteiger partial charge in [0.05, 0.1) is 26.4 Å². The lowest BCUT2D eigenvalue weighted by Gasteiger charge is -2.15. The molecule has 0 bridgehead atoms. The minimum atomic E-state index is 0.650. The number of hydrogen-bond donors (Lipinski definition) is 2. The van der Waals surface area contributed by atoms with Crippen molar-refractivity contribution in [3.05, 3.63) is 11.6 Å². The topological polar surface area (TPSA) is 64.1 Å². The van der Waals surface area contributed by atoms with Gasteiger partial charge in [-0.2, -0.15) is 0 Å². The summed E-state index contributed by atoms with van der Waals surface area (Å²) in [5.74, 6) is 0.847. The summed E-state index contributed by atoms with van der Waals surface area (Å²) >= 11 is 0. The van der Waals surface area contributed by atoms with Crippen molar-refractivity contribution in [3.63, 3.8) is 0 Å². The predicted octanol–water partition coefficient (Wildman–Crippen LogP) is 0.941. The molecule has 1 aliphatic rings. The van der Waals surface area contributed by atoms with Crippen LogP contribution in [0, 0.1) is 0 Å². The van der Waals surface area contributed by atoms with E-state index >= 15 is 0 Å². The summed E-state index contributed by atoms with van der Waals surface area (Å²) in [6.07, 6.45) is 5.22. The molecule has 122 valence electrons. The van der Waals surface area contributed by atoms with Crippen molar-refractivity contribution in [2.24, 2.45) is 4.99 Å². The summed E-state index contributed by atoms with van der Waals surface area (Å²) in [6.45, 7) is 5.40. The Morgan fingerprint density at radius 2 is 2.14 bits per heavy atom. The molecule has 21 heavy (non-hydrogen) atoms. The zero-order valence-electron chi connectivity index (χ0n) is 13.3. The third kappa shape index (κ3) is 9.44. The van der Waals surface area contributed by atoms with Crippen LogP contribution in [0.15, 0.2) is 16.6 Å². The molecule has 0 atom stereocenters. The highest BCUT2D eigenvalue weighted by Gasteiger charge is 2.04. The van der Waals surface area contributed by atoms with Crippen LogP contribution in [0.3, 0.4) is 0 Å². The minimum Gasteiger partial charge on any atom is -0.382 e. The lowest BCUT2D eigenvalue weighted by molar-refractivity contribution is 0.0698. The molecule has 1 heterocycles. The molecule has 0 aromatic carbocycles. The van der Waals surface area contributed by atoms with Gasteiger partial charge >= 0.3 is 0 Å². The fraction of sp³-hybridized carbons (Fsp3) is 0.800. The molecule has 0 amide bonds. The van der Waals surface area contributed by atoms with Crippen molar-refractivity contribution >= 4 is 5.96 Å². The van der Waals surface area contributed by atoms with Gasteiger partial charge in [-0.3, -0.25) is 4.99 Å². The smallest absolute Gasteiger partial charge is 0.190 e. The van der Waals surface area contributed by atoms with Crippen molar-refractivity contribution < 1.29 is 14.2 Å². The fourth-order valence-electron chi connectivity index (χ4n) is 1.98. The summed E-state index contributed by atoms with van der Waals surface area (Å²) < 4.78 is 15.6. The van der Waals surface area contributed by atoms with Crippen molar-refractivity contribution in [1.82, 2.24) is 10.6 Å². The number of methoxy groups -OCH3 is 1. The second kappa shape index (κ2) is 12.6. The molecule has 0 fully saturated rings. The molecule has 0 spiro atoms. The zero-order chi connectivity index (χ0) is 15.2. The first-order chi connectivity index (χ1) is 10.4. The second-order valence-corrected chi connectivity index (χ2v) is 4.82. The van der Waals surface area contributed by atoms with Crippen LogP contribution < -0.4 is 10.6 Å². The van der Waals surface area contributed by atoms with Crippen molar-refractivity contribution in [3.8, 4) is 0 Å². The maximum atomic E-state index is 5.41. The van der Waals surface area contributed by atoms with E-state index < -0.39 is 0 Å². The van der Waals surface area contributed by atoms with E-state index in [-0.39, 0.29) is 0 Å². The maximum absolute atomic E-state index is 5.41. The van der Waals surface area contributed by atoms with Crippen molar-refractivity contribution in [1.29, 1.82) is 0 Å². The monoisotopic (exact) mass is 299 g/mol. The third-order valence-corrected chi connectivity index (χ3v) is 3.21. The number of guanidine groups is 1. The van der Waals surface area contributed by atoms with E-state index in [1.807, 2.05) is 0 Å². The van der Waals surface area contributed by atoms with Gasteiger partial charge in [-0.25, -0.2) is 0 Å². The number of rotatable bonds is 10. The first kappa shape index (κ1) is 17.9. The molecular formula is C15H29N3O3. The Hall–Kier alpha value is -1.11. The first-order valence-corrected chi connectivity index (χ1v) is 7.63. The van der Waals surface area contributed by atoms with Crippen LogP contribution in [-0.4, -0.2) is 66.2 Å². The molecular weight excluding hydrogens is 270 g/mol. The van der Waals surface area contributed by atoms with E-state index in [9.17, 15) is 0 Å². The Balaban J connectivity index is 2.00. The zero-order valence-corrected chi connectivity index (χ0v) is 13.3. The number of aliphatic imine (C=N–C) groups is 1. The summed E-state index contributed by atoms with van der Waals surface area (Å²) in [7, 11) is 3.47. The lowest BCUT2D eigenvalue weighted by Crippen LogP contribution is -2.38. The molecule has 6 heteroatoms. The Morgan fingerprint density at radius 3 is 2.86 bits per heavy atom. The summed E-state index contributed by atoms with van der Waals surface area (Å²) in [5, 5.41) is 6.61. The van der Waals surface area contributed by atoms with Gasteiger partial charge in [0.2, 0.25) is 0 Å². The molecule has 0 saturated carbocycles. The number of hydrogen-bond acceptors (Lipinski definition) is 4. The SMILES string of the molecule is CN=C(NCCCOCCOC)NCCC1=CCOCC1. The van der Waals surface area contributed by atoms with Crippen LogP contribution in [0.25, 0.3) is 0 Å². The van der Waals surface area contributed by atoms with Gasteiger partial charge < -0.3 is 24.8 Å². The summed E-state index contributed by atoms with van der Waals surface area (Å²) in [6, 6.07) is 0. The van der Waals surface area contributed by atoms with Crippen molar-refractivity contribution in [2.75, 3.05) is 60.3 Å². The second-order valence-electron chi connectivity index (χ2n) is 4.82. The first-order valence-electron chi connectivity index (χ1n) is 7.63. The highest BCUT2D eigenvalue weighted by Crippen LogP contribution is 2.10. The van der Waals surface area contributed by atoms with Crippen LogP contribution in [-0.2, 0) is 14.2 Å². The van der Waals surface area contributed by atoms with Crippen LogP contribution in [0.5, 0.6) is 0 Å². The molecule has 0 aromatic rings. The van der Waals surface area contributed by atoms with Gasteiger partial charge in [0.1, 0.15) is 0 Å². The van der Waals surface area contributed by atoms with Gasteiger partial charge in [0.15, 0.2) is 5.96 Å². The predicted molar refractivity (Wildman–Crippen MR) is 84.8 cm³/mol. The molecule has 2 N–H and O–H groups in total. The van der Waals surface area contributed by atoms with E-state index in [0.29, 0.717) is 13.2 Å². The molecule has 1 aliphatic heterocycles. The van der Waals surface area contributed by atoms with E-state index in [1.165, 1.54) is 5.57 Å². The van der Waals surface area contributed by atoms with Crippen LogP contribution in [0.2, 0.25) is 0 Å². The van der Waals surface area contributed by atoms with Crippen LogP contribution >= 0.6 is 0 Å². The molecule has 0 saturated heterocycles. The number of nitrogens with one attached hydrogen (secondary N) is 2. The maximum Gasteiger partial charge on any atom is 0.190 e. The van der Waals surface area contributed by atoms with E-state index in [0.717, 1.165) is 58.1 Å². The average molecular weight is 299 g/mol.